The Labute approximate surface area is 115 Å². The van der Waals surface area contributed by atoms with E-state index >= 15 is 0 Å². The van der Waals surface area contributed by atoms with Gasteiger partial charge >= 0.3 is 5.97 Å². The molecule has 1 saturated heterocycles. The zero-order chi connectivity index (χ0) is 14.5. The highest BCUT2D eigenvalue weighted by Gasteiger charge is 2.34. The Bertz CT molecular complexity index is 323. The van der Waals surface area contributed by atoms with Crippen LogP contribution in [0, 0.1) is 17.3 Å². The molecule has 0 radical (unpaired) electrons. The number of nitrogens with one attached hydrogen (secondary N) is 2. The van der Waals surface area contributed by atoms with Crippen LogP contribution in [0.1, 0.15) is 40.0 Å². The summed E-state index contributed by atoms with van der Waals surface area (Å²) in [6.07, 6.45) is 2.20. The fraction of sp³-hybridized carbons (Fsp3) is 0.857. The van der Waals surface area contributed by atoms with E-state index in [2.05, 4.69) is 10.6 Å². The highest BCUT2D eigenvalue weighted by atomic mass is 16.4. The largest absolute Gasteiger partial charge is 0.481 e. The molecule has 1 atom stereocenters. The zero-order valence-corrected chi connectivity index (χ0v) is 12.2. The van der Waals surface area contributed by atoms with Crippen LogP contribution in [0.2, 0.25) is 0 Å². The predicted octanol–water partition coefficient (Wildman–Crippen LogP) is 1.24. The maximum Gasteiger partial charge on any atom is 0.308 e. The van der Waals surface area contributed by atoms with Crippen molar-refractivity contribution in [2.45, 2.75) is 40.0 Å². The van der Waals surface area contributed by atoms with Crippen molar-refractivity contribution in [2.24, 2.45) is 17.3 Å². The molecule has 0 saturated carbocycles. The van der Waals surface area contributed by atoms with Crippen molar-refractivity contribution in [1.82, 2.24) is 10.6 Å². The second-order valence-corrected chi connectivity index (χ2v) is 6.19. The first-order valence-electron chi connectivity index (χ1n) is 7.07. The normalized spacial score (nSPS) is 20.0. The van der Waals surface area contributed by atoms with E-state index < -0.39 is 11.9 Å². The Kier molecular flexibility index (Phi) is 5.79. The SMILES string of the molecule is CC(C)CC(CNC(=O)C1(C)CCNCC1)C(=O)O. The maximum absolute atomic E-state index is 12.2. The Morgan fingerprint density at radius 1 is 1.32 bits per heavy atom. The molecule has 1 aliphatic rings. The lowest BCUT2D eigenvalue weighted by Crippen LogP contribution is -2.47. The Balaban J connectivity index is 2.49. The van der Waals surface area contributed by atoms with Gasteiger partial charge in [-0.15, -0.1) is 0 Å². The van der Waals surface area contributed by atoms with E-state index in [0.717, 1.165) is 25.9 Å². The average molecular weight is 270 g/mol. The van der Waals surface area contributed by atoms with Gasteiger partial charge in [0.25, 0.3) is 0 Å². The summed E-state index contributed by atoms with van der Waals surface area (Å²) >= 11 is 0. The van der Waals surface area contributed by atoms with E-state index in [9.17, 15) is 9.59 Å². The number of carbonyl (C=O) groups excluding carboxylic acids is 1. The summed E-state index contributed by atoms with van der Waals surface area (Å²) in [5.74, 6) is -1.02. The van der Waals surface area contributed by atoms with Crippen molar-refractivity contribution in [3.05, 3.63) is 0 Å². The van der Waals surface area contributed by atoms with Gasteiger partial charge in [-0.05, 0) is 38.3 Å². The lowest BCUT2D eigenvalue weighted by molar-refractivity contribution is -0.142. The van der Waals surface area contributed by atoms with Gasteiger partial charge in [0.1, 0.15) is 0 Å². The van der Waals surface area contributed by atoms with Gasteiger partial charge in [0.2, 0.25) is 5.91 Å². The molecular weight excluding hydrogens is 244 g/mol. The van der Waals surface area contributed by atoms with E-state index in [1.165, 1.54) is 0 Å². The molecule has 19 heavy (non-hydrogen) atoms. The first-order valence-corrected chi connectivity index (χ1v) is 7.07. The van der Waals surface area contributed by atoms with Gasteiger partial charge in [0.15, 0.2) is 0 Å². The minimum atomic E-state index is -0.829. The zero-order valence-electron chi connectivity index (χ0n) is 12.2. The molecule has 0 bridgehead atoms. The third-order valence-corrected chi connectivity index (χ3v) is 3.87. The summed E-state index contributed by atoms with van der Waals surface area (Å²) in [6, 6.07) is 0. The van der Waals surface area contributed by atoms with Crippen molar-refractivity contribution in [3.8, 4) is 0 Å². The van der Waals surface area contributed by atoms with Gasteiger partial charge in [0, 0.05) is 12.0 Å². The number of amides is 1. The van der Waals surface area contributed by atoms with Crippen LogP contribution in [0.3, 0.4) is 0 Å². The monoisotopic (exact) mass is 270 g/mol. The Morgan fingerprint density at radius 3 is 2.37 bits per heavy atom. The number of piperidine rings is 1. The van der Waals surface area contributed by atoms with Crippen molar-refractivity contribution in [2.75, 3.05) is 19.6 Å². The molecule has 1 aliphatic heterocycles. The number of carbonyl (C=O) groups is 2. The third kappa shape index (κ3) is 4.82. The lowest BCUT2D eigenvalue weighted by Gasteiger charge is -2.33. The molecule has 1 heterocycles. The van der Waals surface area contributed by atoms with Gasteiger partial charge in [-0.25, -0.2) is 0 Å². The van der Waals surface area contributed by atoms with Gasteiger partial charge < -0.3 is 15.7 Å². The minimum Gasteiger partial charge on any atom is -0.481 e. The molecule has 0 aromatic heterocycles. The summed E-state index contributed by atoms with van der Waals surface area (Å²) in [5.41, 5.74) is -0.355. The molecule has 0 aromatic rings. The second-order valence-electron chi connectivity index (χ2n) is 6.19. The smallest absolute Gasteiger partial charge is 0.308 e. The standard InChI is InChI=1S/C14H26N2O3/c1-10(2)8-11(12(17)18)9-16-13(19)14(3)4-6-15-7-5-14/h10-11,15H,4-9H2,1-3H3,(H,16,19)(H,17,18). The molecule has 1 amide bonds. The molecule has 0 aliphatic carbocycles. The molecule has 1 unspecified atom stereocenters. The number of rotatable bonds is 6. The summed E-state index contributed by atoms with van der Waals surface area (Å²) in [6.45, 7) is 7.87. The van der Waals surface area contributed by atoms with E-state index in [1.807, 2.05) is 20.8 Å². The Hall–Kier alpha value is -1.10. The summed E-state index contributed by atoms with van der Waals surface area (Å²) in [4.78, 5) is 23.3. The van der Waals surface area contributed by atoms with Crippen molar-refractivity contribution in [1.29, 1.82) is 0 Å². The topological polar surface area (TPSA) is 78.4 Å². The van der Waals surface area contributed by atoms with Gasteiger partial charge in [-0.2, -0.15) is 0 Å². The lowest BCUT2D eigenvalue weighted by atomic mass is 9.80. The van der Waals surface area contributed by atoms with Crippen molar-refractivity contribution < 1.29 is 14.7 Å². The molecule has 110 valence electrons. The van der Waals surface area contributed by atoms with E-state index in [1.54, 1.807) is 0 Å². The molecule has 1 rings (SSSR count). The maximum atomic E-state index is 12.2. The van der Waals surface area contributed by atoms with Crippen LogP contribution in [-0.2, 0) is 9.59 Å². The molecule has 0 spiro atoms. The van der Waals surface area contributed by atoms with E-state index in [4.69, 9.17) is 5.11 Å². The highest BCUT2D eigenvalue weighted by molar-refractivity contribution is 5.83. The molecule has 0 aromatic carbocycles. The summed E-state index contributed by atoms with van der Waals surface area (Å²) < 4.78 is 0. The van der Waals surface area contributed by atoms with Crippen molar-refractivity contribution >= 4 is 11.9 Å². The first-order chi connectivity index (χ1) is 8.85. The fourth-order valence-corrected chi connectivity index (χ4v) is 2.48. The predicted molar refractivity (Wildman–Crippen MR) is 73.8 cm³/mol. The van der Waals surface area contributed by atoms with Gasteiger partial charge in [-0.1, -0.05) is 20.8 Å². The molecular formula is C14H26N2O3. The van der Waals surface area contributed by atoms with Crippen LogP contribution in [0.15, 0.2) is 0 Å². The van der Waals surface area contributed by atoms with Gasteiger partial charge in [0.05, 0.1) is 5.92 Å². The fourth-order valence-electron chi connectivity index (χ4n) is 2.48. The first kappa shape index (κ1) is 16.0. The van der Waals surface area contributed by atoms with Gasteiger partial charge in [-0.3, -0.25) is 9.59 Å². The minimum absolute atomic E-state index is 0.0102. The number of aliphatic carboxylic acids is 1. The van der Waals surface area contributed by atoms with Crippen molar-refractivity contribution in [3.63, 3.8) is 0 Å². The summed E-state index contributed by atoms with van der Waals surface area (Å²) in [5, 5.41) is 15.2. The summed E-state index contributed by atoms with van der Waals surface area (Å²) in [7, 11) is 0. The number of hydrogen-bond acceptors (Lipinski definition) is 3. The molecule has 5 heteroatoms. The number of carboxylic acids is 1. The van der Waals surface area contributed by atoms with E-state index in [-0.39, 0.29) is 17.9 Å². The van der Waals surface area contributed by atoms with Crippen LogP contribution in [0.4, 0.5) is 0 Å². The molecule has 5 nitrogen and oxygen atoms in total. The average Bonchev–Trinajstić information content (AvgIpc) is 2.34. The van der Waals surface area contributed by atoms with Crippen LogP contribution in [0.25, 0.3) is 0 Å². The Morgan fingerprint density at radius 2 is 1.89 bits per heavy atom. The second kappa shape index (κ2) is 6.89. The van der Waals surface area contributed by atoms with Crippen LogP contribution < -0.4 is 10.6 Å². The quantitative estimate of drug-likeness (QED) is 0.678. The van der Waals surface area contributed by atoms with Crippen LogP contribution in [0.5, 0.6) is 0 Å². The number of hydrogen-bond donors (Lipinski definition) is 3. The molecule has 3 N–H and O–H groups in total. The number of carboxylic acid groups (broad SMARTS) is 1. The van der Waals surface area contributed by atoms with Crippen LogP contribution in [-0.4, -0.2) is 36.6 Å². The highest BCUT2D eigenvalue weighted by Crippen LogP contribution is 2.28. The third-order valence-electron chi connectivity index (χ3n) is 3.87. The van der Waals surface area contributed by atoms with Crippen LogP contribution >= 0.6 is 0 Å². The molecule has 1 fully saturated rings. The van der Waals surface area contributed by atoms with E-state index in [0.29, 0.717) is 12.3 Å².